The molecule has 0 aromatic heterocycles. The number of aromatic carboxylic acids is 1. The van der Waals surface area contributed by atoms with Crippen molar-refractivity contribution in [2.45, 2.75) is 9.79 Å². The van der Waals surface area contributed by atoms with Gasteiger partial charge in [0.05, 0.1) is 47.9 Å². The van der Waals surface area contributed by atoms with E-state index < -0.39 is 41.7 Å². The monoisotopic (exact) mass is 765 g/mol. The number of hydrogen-bond donors (Lipinski definition) is 7. The molecule has 0 aliphatic carbocycles. The summed E-state index contributed by atoms with van der Waals surface area (Å²) in [5.41, 5.74) is 16.9. The molecule has 0 radical (unpaired) electrons. The van der Waals surface area contributed by atoms with Crippen LogP contribution in [-0.2, 0) is 20.2 Å². The summed E-state index contributed by atoms with van der Waals surface area (Å²) in [6, 6.07) is 13.4. The highest BCUT2D eigenvalue weighted by molar-refractivity contribution is 7.86. The second-order valence-corrected chi connectivity index (χ2v) is 13.5. The van der Waals surface area contributed by atoms with Gasteiger partial charge in [-0.15, -0.1) is 25.6 Å². The quantitative estimate of drug-likeness (QED) is 0.0415. The highest BCUT2D eigenvalue weighted by atomic mass is 32.2. The van der Waals surface area contributed by atoms with Crippen LogP contribution in [0, 0.1) is 0 Å². The maximum atomic E-state index is 12.3. The number of carbonyl (C=O) groups is 1. The van der Waals surface area contributed by atoms with Gasteiger partial charge in [-0.25, -0.2) is 4.79 Å². The zero-order valence-electron chi connectivity index (χ0n) is 27.2. The van der Waals surface area contributed by atoms with Crippen molar-refractivity contribution in [1.29, 1.82) is 0 Å². The number of anilines is 3. The van der Waals surface area contributed by atoms with E-state index in [9.17, 15) is 35.8 Å². The highest BCUT2D eigenvalue weighted by Crippen LogP contribution is 2.46. The number of phenolic OH excluding ortho intramolecular Hbond substituents is 1. The number of rotatable bonds is 11. The first-order valence-corrected chi connectivity index (χ1v) is 17.4. The van der Waals surface area contributed by atoms with E-state index >= 15 is 0 Å². The number of benzene rings is 5. The summed E-state index contributed by atoms with van der Waals surface area (Å²) in [5, 5.41) is 44.1. The van der Waals surface area contributed by atoms with Crippen molar-refractivity contribution in [3.8, 4) is 17.2 Å². The minimum Gasteiger partial charge on any atom is -0.505 e. The molecule has 10 N–H and O–H groups in total. The second kappa shape index (κ2) is 14.5. The number of hydrogen-bond acceptors (Lipinski definition) is 17. The fourth-order valence-corrected chi connectivity index (χ4v) is 6.10. The van der Waals surface area contributed by atoms with Crippen molar-refractivity contribution in [3.05, 3.63) is 72.3 Å². The first-order chi connectivity index (χ1) is 24.9. The molecule has 0 fully saturated rings. The van der Waals surface area contributed by atoms with Crippen molar-refractivity contribution in [3.63, 3.8) is 0 Å². The van der Waals surface area contributed by atoms with E-state index in [0.29, 0.717) is 0 Å². The third kappa shape index (κ3) is 7.94. The number of nitrogens with two attached hydrogens (primary N) is 3. The fraction of sp³-hybridized carbons (Fsp3) is 0.0645. The Morgan fingerprint density at radius 3 is 1.66 bits per heavy atom. The molecule has 0 aliphatic rings. The van der Waals surface area contributed by atoms with E-state index in [-0.39, 0.29) is 79.0 Å². The first-order valence-electron chi connectivity index (χ1n) is 14.5. The lowest BCUT2D eigenvalue weighted by molar-refractivity contribution is 0.0696. The van der Waals surface area contributed by atoms with E-state index in [0.717, 1.165) is 18.2 Å². The lowest BCUT2D eigenvalue weighted by Gasteiger charge is -2.12. The Morgan fingerprint density at radius 2 is 1.13 bits per heavy atom. The molecule has 0 bridgehead atoms. The summed E-state index contributed by atoms with van der Waals surface area (Å²) in [5.74, 6) is -1.66. The van der Waals surface area contributed by atoms with Crippen molar-refractivity contribution < 1.29 is 50.4 Å². The Labute approximate surface area is 299 Å². The number of carboxylic acid groups (broad SMARTS) is 1. The standard InChI is InChI=1S/C31H27N9O11S2/c1-50-24-11-22(39-37-20-12-27(53(47,48)49)18(33)9-17(20)32)25(51-2)10-21(24)38-36-19-8-7-16-26(52(44,45)46)13-23(29(34)28(16)30(19)41)40-35-15-5-3-14(4-6-15)31(42)43/h3-13,41H,32-34H2,1-2H3,(H,42,43)(H,44,45,46)(H,47,48,49). The van der Waals surface area contributed by atoms with Crippen LogP contribution < -0.4 is 26.7 Å². The number of phenols is 1. The average molecular weight is 766 g/mol. The molecule has 5 aromatic rings. The van der Waals surface area contributed by atoms with Crippen molar-refractivity contribution in [2.24, 2.45) is 30.7 Å². The van der Waals surface area contributed by atoms with Gasteiger partial charge in [0.15, 0.2) is 5.75 Å². The van der Waals surface area contributed by atoms with Gasteiger partial charge in [0, 0.05) is 17.5 Å². The SMILES string of the molecule is COc1cc(N=Nc2ccc3c(S(=O)(=O)O)cc(N=Nc4ccc(C(=O)O)cc4)c(N)c3c2O)c(OC)cc1N=Nc1cc(S(=O)(=O)O)c(N)cc1N. The zero-order chi connectivity index (χ0) is 38.8. The van der Waals surface area contributed by atoms with Crippen LogP contribution in [0.15, 0.2) is 107 Å². The molecule has 0 amide bonds. The number of methoxy groups -OCH3 is 2. The van der Waals surface area contributed by atoms with Gasteiger partial charge in [0.1, 0.15) is 49.7 Å². The number of nitrogen functional groups attached to an aromatic ring is 3. The smallest absolute Gasteiger partial charge is 0.335 e. The molecule has 0 spiro atoms. The Balaban J connectivity index is 1.55. The zero-order valence-corrected chi connectivity index (χ0v) is 28.9. The van der Waals surface area contributed by atoms with Gasteiger partial charge >= 0.3 is 5.97 Å². The van der Waals surface area contributed by atoms with Crippen LogP contribution in [0.4, 0.5) is 51.2 Å². The van der Waals surface area contributed by atoms with E-state index in [2.05, 4.69) is 30.7 Å². The lowest BCUT2D eigenvalue weighted by atomic mass is 10.1. The third-order valence-corrected chi connectivity index (χ3v) is 9.15. The van der Waals surface area contributed by atoms with Crippen LogP contribution in [0.25, 0.3) is 10.8 Å². The van der Waals surface area contributed by atoms with Crippen LogP contribution in [0.3, 0.4) is 0 Å². The summed E-state index contributed by atoms with van der Waals surface area (Å²) in [6.45, 7) is 0. The number of fused-ring (bicyclic) bond motifs is 1. The van der Waals surface area contributed by atoms with Gasteiger partial charge in [0.2, 0.25) is 0 Å². The molecule has 0 aliphatic heterocycles. The molecule has 22 heteroatoms. The molecule has 0 saturated heterocycles. The molecule has 0 atom stereocenters. The average Bonchev–Trinajstić information content (AvgIpc) is 3.09. The second-order valence-electron chi connectivity index (χ2n) is 10.7. The Hall–Kier alpha value is -6.75. The van der Waals surface area contributed by atoms with Gasteiger partial charge in [-0.05, 0) is 48.5 Å². The Kier molecular flexibility index (Phi) is 10.2. The molecule has 0 heterocycles. The maximum absolute atomic E-state index is 12.3. The van der Waals surface area contributed by atoms with Crippen molar-refractivity contribution in [2.75, 3.05) is 31.4 Å². The molecular weight excluding hydrogens is 739 g/mol. The minimum absolute atomic E-state index is 0.00825. The van der Waals surface area contributed by atoms with E-state index in [1.165, 1.54) is 62.8 Å². The number of azo groups is 3. The van der Waals surface area contributed by atoms with Crippen LogP contribution in [-0.4, -0.2) is 56.3 Å². The number of aromatic hydroxyl groups is 1. The van der Waals surface area contributed by atoms with Gasteiger partial charge in [-0.3, -0.25) is 9.11 Å². The summed E-state index contributed by atoms with van der Waals surface area (Å²) in [6.07, 6.45) is 0. The molecule has 20 nitrogen and oxygen atoms in total. The van der Waals surface area contributed by atoms with Crippen LogP contribution in [0.2, 0.25) is 0 Å². The fourth-order valence-electron chi connectivity index (χ4n) is 4.78. The summed E-state index contributed by atoms with van der Waals surface area (Å²) < 4.78 is 78.3. The Morgan fingerprint density at radius 1 is 0.623 bits per heavy atom. The summed E-state index contributed by atoms with van der Waals surface area (Å²) in [4.78, 5) is 9.86. The van der Waals surface area contributed by atoms with E-state index in [4.69, 9.17) is 31.8 Å². The topological polar surface area (TPSA) is 337 Å². The normalized spacial score (nSPS) is 12.3. The van der Waals surface area contributed by atoms with Crippen LogP contribution in [0.1, 0.15) is 10.4 Å². The summed E-state index contributed by atoms with van der Waals surface area (Å²) >= 11 is 0. The predicted molar refractivity (Wildman–Crippen MR) is 190 cm³/mol. The van der Waals surface area contributed by atoms with E-state index in [1.54, 1.807) is 0 Å². The largest absolute Gasteiger partial charge is 0.505 e. The Bertz CT molecular complexity index is 2610. The molecular formula is C31H27N9O11S2. The number of nitrogens with zero attached hydrogens (tertiary/aromatic N) is 6. The summed E-state index contributed by atoms with van der Waals surface area (Å²) in [7, 11) is -6.98. The number of carboxylic acids is 1. The molecule has 274 valence electrons. The van der Waals surface area contributed by atoms with Crippen LogP contribution >= 0.6 is 0 Å². The molecule has 5 rings (SSSR count). The number of ether oxygens (including phenoxy) is 2. The van der Waals surface area contributed by atoms with E-state index in [1.807, 2.05) is 0 Å². The van der Waals surface area contributed by atoms with Gasteiger partial charge < -0.3 is 36.9 Å². The van der Waals surface area contributed by atoms with Crippen LogP contribution in [0.5, 0.6) is 17.2 Å². The molecule has 0 saturated carbocycles. The molecule has 5 aromatic carbocycles. The lowest BCUT2D eigenvalue weighted by Crippen LogP contribution is -2.04. The molecule has 53 heavy (non-hydrogen) atoms. The van der Waals surface area contributed by atoms with Gasteiger partial charge in [0.25, 0.3) is 20.2 Å². The van der Waals surface area contributed by atoms with Crippen molar-refractivity contribution >= 4 is 88.2 Å². The van der Waals surface area contributed by atoms with Gasteiger partial charge in [-0.1, -0.05) is 6.07 Å². The molecule has 0 unspecified atom stereocenters. The van der Waals surface area contributed by atoms with Crippen molar-refractivity contribution in [1.82, 2.24) is 0 Å². The van der Waals surface area contributed by atoms with Gasteiger partial charge in [-0.2, -0.15) is 21.9 Å². The first kappa shape index (κ1) is 37.5. The minimum atomic E-state index is -4.89. The highest BCUT2D eigenvalue weighted by Gasteiger charge is 2.23. The third-order valence-electron chi connectivity index (χ3n) is 7.35. The predicted octanol–water partition coefficient (Wildman–Crippen LogP) is 6.75. The maximum Gasteiger partial charge on any atom is 0.335 e.